The van der Waals surface area contributed by atoms with Crippen LogP contribution in [0, 0.1) is 0 Å². The van der Waals surface area contributed by atoms with Crippen LogP contribution in [0.4, 0.5) is 5.13 Å². The average Bonchev–Trinajstić information content (AvgIpc) is 3.10. The molecule has 20 heavy (non-hydrogen) atoms. The van der Waals surface area contributed by atoms with Gasteiger partial charge in [-0.15, -0.1) is 11.3 Å². The van der Waals surface area contributed by atoms with Crippen molar-refractivity contribution in [3.63, 3.8) is 0 Å². The fraction of sp³-hybridized carbons (Fsp3) is 0.214. The highest BCUT2D eigenvalue weighted by atomic mass is 32.2. The molecule has 6 heteroatoms. The second kappa shape index (κ2) is 5.76. The number of hydrogen-bond donors (Lipinski definition) is 1. The summed E-state index contributed by atoms with van der Waals surface area (Å²) in [5.41, 5.74) is 1.78. The van der Waals surface area contributed by atoms with Crippen molar-refractivity contribution in [2.75, 3.05) is 11.9 Å². The number of amidine groups is 1. The van der Waals surface area contributed by atoms with Gasteiger partial charge in [0.2, 0.25) is 0 Å². The van der Waals surface area contributed by atoms with Crippen molar-refractivity contribution < 1.29 is 4.79 Å². The van der Waals surface area contributed by atoms with E-state index in [-0.39, 0.29) is 5.78 Å². The first-order valence-corrected chi connectivity index (χ1v) is 7.98. The number of carbonyl (C=O) groups is 1. The zero-order chi connectivity index (χ0) is 13.9. The summed E-state index contributed by atoms with van der Waals surface area (Å²) in [5.74, 6) is -0.0162. The maximum atomic E-state index is 11.2. The molecular weight excluding hydrogens is 290 g/mol. The molecule has 1 aromatic carbocycles. The van der Waals surface area contributed by atoms with E-state index in [2.05, 4.69) is 27.4 Å². The molecule has 1 aliphatic rings. The highest BCUT2D eigenvalue weighted by Gasteiger charge is 2.21. The van der Waals surface area contributed by atoms with Crippen LogP contribution in [0.25, 0.3) is 0 Å². The Hall–Kier alpha value is -1.66. The summed E-state index contributed by atoms with van der Waals surface area (Å²) in [6.07, 6.45) is 0. The molecule has 0 bridgehead atoms. The first kappa shape index (κ1) is 13.3. The van der Waals surface area contributed by atoms with Crippen molar-refractivity contribution in [2.45, 2.75) is 12.2 Å². The maximum absolute atomic E-state index is 11.2. The zero-order valence-electron chi connectivity index (χ0n) is 10.9. The van der Waals surface area contributed by atoms with E-state index in [4.69, 9.17) is 0 Å². The van der Waals surface area contributed by atoms with Crippen LogP contribution in [0.2, 0.25) is 0 Å². The van der Waals surface area contributed by atoms with Crippen LogP contribution in [0.3, 0.4) is 0 Å². The lowest BCUT2D eigenvalue weighted by Crippen LogP contribution is -2.05. The predicted octanol–water partition coefficient (Wildman–Crippen LogP) is 3.60. The van der Waals surface area contributed by atoms with E-state index in [1.807, 2.05) is 18.2 Å². The Morgan fingerprint density at radius 3 is 2.85 bits per heavy atom. The van der Waals surface area contributed by atoms with E-state index in [0.29, 0.717) is 10.9 Å². The average molecular weight is 303 g/mol. The van der Waals surface area contributed by atoms with E-state index < -0.39 is 0 Å². The topological polar surface area (TPSA) is 54.4 Å². The molecule has 4 nitrogen and oxygen atoms in total. The summed E-state index contributed by atoms with van der Waals surface area (Å²) >= 11 is 3.12. The Kier molecular flexibility index (Phi) is 3.84. The first-order valence-electron chi connectivity index (χ1n) is 6.22. The van der Waals surface area contributed by atoms with Gasteiger partial charge in [-0.05, 0) is 5.56 Å². The van der Waals surface area contributed by atoms with Crippen molar-refractivity contribution in [1.82, 2.24) is 4.98 Å². The van der Waals surface area contributed by atoms with Gasteiger partial charge >= 0.3 is 0 Å². The zero-order valence-corrected chi connectivity index (χ0v) is 12.5. The summed E-state index contributed by atoms with van der Waals surface area (Å²) in [7, 11) is 0. The number of ketones is 1. The van der Waals surface area contributed by atoms with Gasteiger partial charge in [0.15, 0.2) is 16.1 Å². The van der Waals surface area contributed by atoms with Gasteiger partial charge in [-0.2, -0.15) is 0 Å². The van der Waals surface area contributed by atoms with Crippen LogP contribution in [0.15, 0.2) is 40.7 Å². The van der Waals surface area contributed by atoms with Gasteiger partial charge in [0.05, 0.1) is 11.8 Å². The second-order valence-electron chi connectivity index (χ2n) is 4.38. The number of Topliss-reactive ketones (excluding diaryl/α,β-unsaturated/α-hetero) is 1. The van der Waals surface area contributed by atoms with Gasteiger partial charge in [0.25, 0.3) is 0 Å². The van der Waals surface area contributed by atoms with Gasteiger partial charge < -0.3 is 5.32 Å². The fourth-order valence-corrected chi connectivity index (χ4v) is 3.70. The van der Waals surface area contributed by atoms with Crippen LogP contribution in [0.5, 0.6) is 0 Å². The smallest absolute Gasteiger partial charge is 0.189 e. The number of aromatic nitrogens is 1. The third-order valence-corrected chi connectivity index (χ3v) is 4.82. The molecule has 0 saturated carbocycles. The highest BCUT2D eigenvalue weighted by molar-refractivity contribution is 8.14. The molecule has 0 aliphatic carbocycles. The standard InChI is InChI=1S/C14H13N3OS2/c1-9(18)11-8-19-14(16-11)17-13-15-7-12(20-13)10-5-3-2-4-6-10/h2-6,8,12H,7H2,1H3,(H,15,16,17). The molecule has 102 valence electrons. The lowest BCUT2D eigenvalue weighted by atomic mass is 10.1. The van der Waals surface area contributed by atoms with Crippen LogP contribution in [0.1, 0.15) is 28.2 Å². The maximum Gasteiger partial charge on any atom is 0.189 e. The van der Waals surface area contributed by atoms with E-state index in [1.54, 1.807) is 17.1 Å². The van der Waals surface area contributed by atoms with E-state index in [9.17, 15) is 4.79 Å². The van der Waals surface area contributed by atoms with Crippen LogP contribution >= 0.6 is 23.1 Å². The number of rotatable bonds is 3. The number of nitrogens with one attached hydrogen (secondary N) is 1. The number of thiazole rings is 1. The summed E-state index contributed by atoms with van der Waals surface area (Å²) in [6, 6.07) is 10.3. The van der Waals surface area contributed by atoms with Crippen LogP contribution in [-0.4, -0.2) is 22.5 Å². The summed E-state index contributed by atoms with van der Waals surface area (Å²) in [4.78, 5) is 19.9. The molecule has 1 N–H and O–H groups in total. The quantitative estimate of drug-likeness (QED) is 0.880. The molecule has 0 saturated heterocycles. The first-order chi connectivity index (χ1) is 9.72. The Balaban J connectivity index is 1.64. The Bertz CT molecular complexity index is 651. The Morgan fingerprint density at radius 2 is 2.15 bits per heavy atom. The molecule has 2 aromatic rings. The van der Waals surface area contributed by atoms with E-state index in [1.165, 1.54) is 23.8 Å². The fourth-order valence-electron chi connectivity index (χ4n) is 1.87. The lowest BCUT2D eigenvalue weighted by Gasteiger charge is -2.08. The predicted molar refractivity (Wildman–Crippen MR) is 84.8 cm³/mol. The van der Waals surface area contributed by atoms with Gasteiger partial charge in [-0.1, -0.05) is 42.1 Å². The normalized spacial score (nSPS) is 17.9. The summed E-state index contributed by atoms with van der Waals surface area (Å²) in [5, 5.41) is 6.88. The van der Waals surface area contributed by atoms with Crippen molar-refractivity contribution >= 4 is 39.2 Å². The third-order valence-electron chi connectivity index (χ3n) is 2.90. The number of aliphatic imine (C=N–C) groups is 1. The summed E-state index contributed by atoms with van der Waals surface area (Å²) in [6.45, 7) is 2.29. The third kappa shape index (κ3) is 2.91. The van der Waals surface area contributed by atoms with Crippen LogP contribution < -0.4 is 5.32 Å². The molecular formula is C14H13N3OS2. The highest BCUT2D eigenvalue weighted by Crippen LogP contribution is 2.35. The molecule has 3 rings (SSSR count). The van der Waals surface area contributed by atoms with Gasteiger partial charge in [-0.3, -0.25) is 9.79 Å². The monoisotopic (exact) mass is 303 g/mol. The largest absolute Gasteiger partial charge is 0.311 e. The van der Waals surface area contributed by atoms with Crippen molar-refractivity contribution in [3.8, 4) is 0 Å². The molecule has 0 spiro atoms. The van der Waals surface area contributed by atoms with Gasteiger partial charge in [0.1, 0.15) is 5.69 Å². The summed E-state index contributed by atoms with van der Waals surface area (Å²) < 4.78 is 0. The molecule has 0 radical (unpaired) electrons. The minimum Gasteiger partial charge on any atom is -0.311 e. The van der Waals surface area contributed by atoms with Crippen molar-refractivity contribution in [2.24, 2.45) is 4.99 Å². The number of thioether (sulfide) groups is 1. The number of benzene rings is 1. The number of hydrogen-bond acceptors (Lipinski definition) is 6. The lowest BCUT2D eigenvalue weighted by molar-refractivity contribution is 0.101. The minimum absolute atomic E-state index is 0.0162. The number of anilines is 1. The number of nitrogens with zero attached hydrogens (tertiary/aromatic N) is 2. The van der Waals surface area contributed by atoms with E-state index in [0.717, 1.165) is 16.8 Å². The SMILES string of the molecule is CC(=O)c1csc(NC2=NCC(c3ccccc3)S2)n1. The molecule has 1 unspecified atom stereocenters. The minimum atomic E-state index is -0.0162. The molecule has 1 aliphatic heterocycles. The Labute approximate surface area is 125 Å². The molecule has 0 fully saturated rings. The molecule has 1 atom stereocenters. The molecule has 0 amide bonds. The van der Waals surface area contributed by atoms with Crippen molar-refractivity contribution in [3.05, 3.63) is 47.0 Å². The van der Waals surface area contributed by atoms with Gasteiger partial charge in [0, 0.05) is 12.3 Å². The van der Waals surface area contributed by atoms with Crippen molar-refractivity contribution in [1.29, 1.82) is 0 Å². The number of carbonyl (C=O) groups excluding carboxylic acids is 1. The van der Waals surface area contributed by atoms with Gasteiger partial charge in [-0.25, -0.2) is 4.98 Å². The van der Waals surface area contributed by atoms with Crippen LogP contribution in [-0.2, 0) is 0 Å². The second-order valence-corrected chi connectivity index (χ2v) is 6.43. The molecule has 2 heterocycles. The Morgan fingerprint density at radius 1 is 1.35 bits per heavy atom. The molecule has 1 aromatic heterocycles. The van der Waals surface area contributed by atoms with E-state index >= 15 is 0 Å².